The van der Waals surface area contributed by atoms with Crippen molar-refractivity contribution >= 4 is 11.7 Å². The van der Waals surface area contributed by atoms with Gasteiger partial charge in [-0.3, -0.25) is 0 Å². The summed E-state index contributed by atoms with van der Waals surface area (Å²) in [6.45, 7) is 1.55. The highest BCUT2D eigenvalue weighted by Crippen LogP contribution is 2.28. The zero-order valence-corrected chi connectivity index (χ0v) is 9.93. The lowest BCUT2D eigenvalue weighted by Crippen LogP contribution is -2.33. The number of para-hydroxylation sites is 1. The molecule has 0 spiro atoms. The van der Waals surface area contributed by atoms with Crippen LogP contribution in [0.25, 0.3) is 0 Å². The number of hydrogen-bond acceptors (Lipinski definition) is 3. The second kappa shape index (κ2) is 5.19. The van der Waals surface area contributed by atoms with Crippen LogP contribution in [0.4, 0.5) is 5.69 Å². The van der Waals surface area contributed by atoms with E-state index in [0.29, 0.717) is 18.2 Å². The molecular weight excluding hydrogens is 218 g/mol. The Balaban J connectivity index is 2.29. The van der Waals surface area contributed by atoms with E-state index >= 15 is 0 Å². The molecule has 0 bridgehead atoms. The van der Waals surface area contributed by atoms with Gasteiger partial charge < -0.3 is 14.7 Å². The van der Waals surface area contributed by atoms with Crippen molar-refractivity contribution in [2.45, 2.75) is 18.9 Å². The van der Waals surface area contributed by atoms with E-state index in [-0.39, 0.29) is 0 Å². The molecule has 1 heterocycles. The Bertz CT molecular complexity index is 405. The molecule has 1 aliphatic heterocycles. The van der Waals surface area contributed by atoms with Gasteiger partial charge in [0.2, 0.25) is 0 Å². The molecule has 1 N–H and O–H groups in total. The zero-order valence-electron chi connectivity index (χ0n) is 9.93. The van der Waals surface area contributed by atoms with Gasteiger partial charge >= 0.3 is 5.97 Å². The van der Waals surface area contributed by atoms with Crippen LogP contribution < -0.4 is 4.90 Å². The number of benzene rings is 1. The number of hydrogen-bond donors (Lipinski definition) is 1. The van der Waals surface area contributed by atoms with Crippen LogP contribution >= 0.6 is 0 Å². The standard InChI is InChI=1S/C13H17NO3/c1-17-9-10-5-4-8-14(10)12-7-3-2-6-11(12)13(15)16/h2-3,6-7,10H,4-5,8-9H2,1H3,(H,15,16)/t10-/m0/s1. The Morgan fingerprint density at radius 2 is 2.29 bits per heavy atom. The summed E-state index contributed by atoms with van der Waals surface area (Å²) in [5, 5.41) is 9.18. The average Bonchev–Trinajstić information content (AvgIpc) is 2.77. The fourth-order valence-corrected chi connectivity index (χ4v) is 2.42. The Hall–Kier alpha value is -1.55. The van der Waals surface area contributed by atoms with E-state index in [1.807, 2.05) is 12.1 Å². The smallest absolute Gasteiger partial charge is 0.337 e. The van der Waals surface area contributed by atoms with E-state index in [2.05, 4.69) is 4.90 Å². The fourth-order valence-electron chi connectivity index (χ4n) is 2.42. The molecule has 1 fully saturated rings. The monoisotopic (exact) mass is 235 g/mol. The summed E-state index contributed by atoms with van der Waals surface area (Å²) < 4.78 is 5.19. The Morgan fingerprint density at radius 1 is 1.53 bits per heavy atom. The van der Waals surface area contributed by atoms with Crippen LogP contribution in [0, 0.1) is 0 Å². The third-order valence-corrected chi connectivity index (χ3v) is 3.18. The Morgan fingerprint density at radius 3 is 3.00 bits per heavy atom. The highest BCUT2D eigenvalue weighted by molar-refractivity contribution is 5.94. The van der Waals surface area contributed by atoms with Gasteiger partial charge in [-0.05, 0) is 25.0 Å². The molecule has 0 unspecified atom stereocenters. The van der Waals surface area contributed by atoms with Gasteiger partial charge in [0.05, 0.1) is 23.9 Å². The van der Waals surface area contributed by atoms with E-state index in [4.69, 9.17) is 4.74 Å². The predicted molar refractivity (Wildman–Crippen MR) is 65.6 cm³/mol. The molecule has 17 heavy (non-hydrogen) atoms. The minimum absolute atomic E-state index is 0.292. The number of anilines is 1. The summed E-state index contributed by atoms with van der Waals surface area (Å²) >= 11 is 0. The molecule has 1 aliphatic rings. The third-order valence-electron chi connectivity index (χ3n) is 3.18. The topological polar surface area (TPSA) is 49.8 Å². The van der Waals surface area contributed by atoms with Crippen LogP contribution in [-0.2, 0) is 4.74 Å². The Labute approximate surface area is 101 Å². The number of rotatable bonds is 4. The summed E-state index contributed by atoms with van der Waals surface area (Å²) in [6.07, 6.45) is 2.14. The Kier molecular flexibility index (Phi) is 3.64. The average molecular weight is 235 g/mol. The molecule has 0 aromatic heterocycles. The minimum Gasteiger partial charge on any atom is -0.478 e. The van der Waals surface area contributed by atoms with Crippen molar-refractivity contribution in [3.63, 3.8) is 0 Å². The van der Waals surface area contributed by atoms with Crippen molar-refractivity contribution in [2.75, 3.05) is 25.2 Å². The second-order valence-electron chi connectivity index (χ2n) is 4.27. The first kappa shape index (κ1) is 11.9. The summed E-state index contributed by atoms with van der Waals surface area (Å²) in [6, 6.07) is 7.45. The highest BCUT2D eigenvalue weighted by atomic mass is 16.5. The maximum atomic E-state index is 11.2. The van der Waals surface area contributed by atoms with E-state index < -0.39 is 5.97 Å². The van der Waals surface area contributed by atoms with Crippen LogP contribution in [0.15, 0.2) is 24.3 Å². The normalized spacial score (nSPS) is 19.6. The molecule has 2 rings (SSSR count). The fraction of sp³-hybridized carbons (Fsp3) is 0.462. The van der Waals surface area contributed by atoms with Gasteiger partial charge in [-0.15, -0.1) is 0 Å². The van der Waals surface area contributed by atoms with E-state index in [1.54, 1.807) is 19.2 Å². The van der Waals surface area contributed by atoms with Crippen molar-refractivity contribution in [3.05, 3.63) is 29.8 Å². The van der Waals surface area contributed by atoms with Crippen LogP contribution in [0.1, 0.15) is 23.2 Å². The molecule has 0 aliphatic carbocycles. The van der Waals surface area contributed by atoms with Crippen LogP contribution in [0.5, 0.6) is 0 Å². The molecule has 1 saturated heterocycles. The van der Waals surface area contributed by atoms with Crippen LogP contribution in [0.3, 0.4) is 0 Å². The van der Waals surface area contributed by atoms with Gasteiger partial charge in [-0.2, -0.15) is 0 Å². The number of ether oxygens (including phenoxy) is 1. The SMILES string of the molecule is COC[C@@H]1CCCN1c1ccccc1C(=O)O. The number of aromatic carboxylic acids is 1. The van der Waals surface area contributed by atoms with Gasteiger partial charge in [0, 0.05) is 13.7 Å². The van der Waals surface area contributed by atoms with Gasteiger partial charge in [0.15, 0.2) is 0 Å². The summed E-state index contributed by atoms with van der Waals surface area (Å²) in [7, 11) is 1.68. The lowest BCUT2D eigenvalue weighted by atomic mass is 10.1. The number of carbonyl (C=O) groups is 1. The van der Waals surface area contributed by atoms with Crippen molar-refractivity contribution in [3.8, 4) is 0 Å². The third kappa shape index (κ3) is 2.42. The zero-order chi connectivity index (χ0) is 12.3. The van der Waals surface area contributed by atoms with E-state index in [1.165, 1.54) is 0 Å². The first-order valence-electron chi connectivity index (χ1n) is 5.82. The van der Waals surface area contributed by atoms with Crippen LogP contribution in [-0.4, -0.2) is 37.4 Å². The van der Waals surface area contributed by atoms with Gasteiger partial charge in [-0.1, -0.05) is 12.1 Å². The molecule has 92 valence electrons. The molecule has 4 nitrogen and oxygen atoms in total. The summed E-state index contributed by atoms with van der Waals surface area (Å²) in [5.74, 6) is -0.872. The molecule has 0 radical (unpaired) electrons. The molecule has 1 aromatic carbocycles. The van der Waals surface area contributed by atoms with Crippen molar-refractivity contribution in [1.82, 2.24) is 0 Å². The molecule has 0 saturated carbocycles. The number of methoxy groups -OCH3 is 1. The summed E-state index contributed by atoms with van der Waals surface area (Å²) in [4.78, 5) is 13.3. The van der Waals surface area contributed by atoms with Gasteiger partial charge in [0.25, 0.3) is 0 Å². The largest absolute Gasteiger partial charge is 0.478 e. The van der Waals surface area contributed by atoms with Crippen molar-refractivity contribution in [2.24, 2.45) is 0 Å². The molecule has 0 amide bonds. The lowest BCUT2D eigenvalue weighted by Gasteiger charge is -2.27. The maximum Gasteiger partial charge on any atom is 0.337 e. The van der Waals surface area contributed by atoms with Crippen molar-refractivity contribution < 1.29 is 14.6 Å². The predicted octanol–water partition coefficient (Wildman–Crippen LogP) is 2.00. The van der Waals surface area contributed by atoms with E-state index in [9.17, 15) is 9.90 Å². The lowest BCUT2D eigenvalue weighted by molar-refractivity contribution is 0.0697. The van der Waals surface area contributed by atoms with Crippen molar-refractivity contribution in [1.29, 1.82) is 0 Å². The number of carboxylic acid groups (broad SMARTS) is 1. The molecule has 4 heteroatoms. The maximum absolute atomic E-state index is 11.2. The molecule has 1 atom stereocenters. The number of nitrogens with zero attached hydrogens (tertiary/aromatic N) is 1. The van der Waals surface area contributed by atoms with Crippen LogP contribution in [0.2, 0.25) is 0 Å². The first-order valence-corrected chi connectivity index (χ1v) is 5.82. The quantitative estimate of drug-likeness (QED) is 0.867. The summed E-state index contributed by atoms with van der Waals surface area (Å²) in [5.41, 5.74) is 1.18. The molecular formula is C13H17NO3. The van der Waals surface area contributed by atoms with E-state index in [0.717, 1.165) is 25.1 Å². The molecule has 1 aromatic rings. The highest BCUT2D eigenvalue weighted by Gasteiger charge is 2.27. The second-order valence-corrected chi connectivity index (χ2v) is 4.27. The number of carboxylic acids is 1. The van der Waals surface area contributed by atoms with Gasteiger partial charge in [-0.25, -0.2) is 4.79 Å². The minimum atomic E-state index is -0.872. The first-order chi connectivity index (χ1) is 8.24. The van der Waals surface area contributed by atoms with Gasteiger partial charge in [0.1, 0.15) is 0 Å².